The molecule has 7 heteroatoms. The number of aryl methyl sites for hydroxylation is 1. The second-order valence-electron chi connectivity index (χ2n) is 7.82. The molecule has 1 aromatic rings. The van der Waals surface area contributed by atoms with Crippen LogP contribution in [0.15, 0.2) is 17.3 Å². The smallest absolute Gasteiger partial charge is 0.191 e. The van der Waals surface area contributed by atoms with Crippen molar-refractivity contribution in [2.24, 2.45) is 18.0 Å². The molecule has 0 amide bonds. The number of nitrogens with zero attached hydrogens (tertiary/aromatic N) is 4. The Morgan fingerprint density at radius 1 is 1.19 bits per heavy atom. The van der Waals surface area contributed by atoms with Gasteiger partial charge < -0.3 is 10.6 Å². The third-order valence-electron chi connectivity index (χ3n) is 5.89. The van der Waals surface area contributed by atoms with Crippen molar-refractivity contribution in [1.29, 1.82) is 0 Å². The molecule has 2 heterocycles. The molecule has 1 unspecified atom stereocenters. The van der Waals surface area contributed by atoms with Crippen LogP contribution in [-0.4, -0.2) is 52.9 Å². The van der Waals surface area contributed by atoms with Gasteiger partial charge in [0.15, 0.2) is 5.96 Å². The van der Waals surface area contributed by atoms with Crippen LogP contribution in [0.5, 0.6) is 0 Å². The van der Waals surface area contributed by atoms with E-state index < -0.39 is 0 Å². The van der Waals surface area contributed by atoms with Crippen LogP contribution in [0.3, 0.4) is 0 Å². The molecule has 6 nitrogen and oxygen atoms in total. The van der Waals surface area contributed by atoms with E-state index in [9.17, 15) is 0 Å². The molecule has 27 heavy (non-hydrogen) atoms. The van der Waals surface area contributed by atoms with Gasteiger partial charge in [-0.15, -0.1) is 24.0 Å². The third kappa shape index (κ3) is 6.93. The Kier molecular flexibility index (Phi) is 9.89. The van der Waals surface area contributed by atoms with Gasteiger partial charge in [0.2, 0.25) is 0 Å². The third-order valence-corrected chi connectivity index (χ3v) is 5.89. The van der Waals surface area contributed by atoms with Crippen LogP contribution >= 0.6 is 24.0 Å². The summed E-state index contributed by atoms with van der Waals surface area (Å²) in [6, 6.07) is 2.67. The van der Waals surface area contributed by atoms with Crippen LogP contribution in [0.1, 0.15) is 57.6 Å². The number of halogens is 1. The van der Waals surface area contributed by atoms with Gasteiger partial charge in [-0.1, -0.05) is 19.3 Å². The van der Waals surface area contributed by atoms with Crippen LogP contribution in [0.2, 0.25) is 0 Å². The average molecular weight is 488 g/mol. The summed E-state index contributed by atoms with van der Waals surface area (Å²) in [6.07, 6.45) is 11.7. The van der Waals surface area contributed by atoms with E-state index >= 15 is 0 Å². The molecule has 2 aliphatic rings. The molecule has 0 aromatic carbocycles. The van der Waals surface area contributed by atoms with Gasteiger partial charge in [0, 0.05) is 38.9 Å². The van der Waals surface area contributed by atoms with E-state index in [0.717, 1.165) is 30.7 Å². The van der Waals surface area contributed by atoms with Gasteiger partial charge in [-0.3, -0.25) is 9.58 Å². The van der Waals surface area contributed by atoms with Gasteiger partial charge >= 0.3 is 0 Å². The normalized spacial score (nSPS) is 21.9. The highest BCUT2D eigenvalue weighted by Crippen LogP contribution is 2.27. The second-order valence-corrected chi connectivity index (χ2v) is 7.82. The molecule has 0 bridgehead atoms. The van der Waals surface area contributed by atoms with E-state index in [4.69, 9.17) is 4.99 Å². The Labute approximate surface area is 181 Å². The Morgan fingerprint density at radius 3 is 2.70 bits per heavy atom. The fourth-order valence-corrected chi connectivity index (χ4v) is 4.34. The van der Waals surface area contributed by atoms with Gasteiger partial charge in [-0.2, -0.15) is 5.10 Å². The molecule has 2 fully saturated rings. The van der Waals surface area contributed by atoms with Crippen LogP contribution in [0.25, 0.3) is 0 Å². The highest BCUT2D eigenvalue weighted by Gasteiger charge is 2.27. The molecule has 2 N–H and O–H groups in total. The molecular weight excluding hydrogens is 451 g/mol. The van der Waals surface area contributed by atoms with Crippen molar-refractivity contribution in [1.82, 2.24) is 25.3 Å². The molecule has 1 atom stereocenters. The largest absolute Gasteiger partial charge is 0.357 e. The molecule has 154 valence electrons. The van der Waals surface area contributed by atoms with Gasteiger partial charge in [0.1, 0.15) is 0 Å². The monoisotopic (exact) mass is 488 g/mol. The molecule has 0 radical (unpaired) electrons. The molecule has 1 aromatic heterocycles. The number of aromatic nitrogens is 2. The zero-order valence-electron chi connectivity index (χ0n) is 17.0. The molecular formula is C20H37IN6. The highest BCUT2D eigenvalue weighted by molar-refractivity contribution is 14.0. The van der Waals surface area contributed by atoms with Gasteiger partial charge in [-0.25, -0.2) is 4.99 Å². The summed E-state index contributed by atoms with van der Waals surface area (Å²) < 4.78 is 1.88. The maximum absolute atomic E-state index is 4.73. The highest BCUT2D eigenvalue weighted by atomic mass is 127. The van der Waals surface area contributed by atoms with Crippen molar-refractivity contribution in [2.75, 3.05) is 26.2 Å². The number of hydrogen-bond acceptors (Lipinski definition) is 3. The standard InChI is InChI=1S/C20H36N6.HI/c1-3-21-20(22-14-18-11-12-24-25(18)2)23-15-19-10-7-13-26(19)16-17-8-5-4-6-9-17;/h11-12,17,19H,3-10,13-16H2,1-2H3,(H2,21,22,23);1H. The van der Waals surface area contributed by atoms with Crippen LogP contribution < -0.4 is 10.6 Å². The number of likely N-dealkylation sites (tertiary alicyclic amines) is 1. The second kappa shape index (κ2) is 11.9. The lowest BCUT2D eigenvalue weighted by molar-refractivity contribution is 0.188. The summed E-state index contributed by atoms with van der Waals surface area (Å²) in [5.74, 6) is 1.84. The average Bonchev–Trinajstić information content (AvgIpc) is 3.27. The number of rotatable bonds is 7. The summed E-state index contributed by atoms with van der Waals surface area (Å²) in [7, 11) is 1.97. The van der Waals surface area contributed by atoms with Crippen LogP contribution in [-0.2, 0) is 13.6 Å². The van der Waals surface area contributed by atoms with Gasteiger partial charge in [0.05, 0.1) is 12.2 Å². The quantitative estimate of drug-likeness (QED) is 0.352. The van der Waals surface area contributed by atoms with E-state index in [1.807, 2.05) is 24.0 Å². The van der Waals surface area contributed by atoms with E-state index in [1.54, 1.807) is 0 Å². The van der Waals surface area contributed by atoms with Crippen molar-refractivity contribution >= 4 is 29.9 Å². The lowest BCUT2D eigenvalue weighted by atomic mass is 9.89. The summed E-state index contributed by atoms with van der Waals surface area (Å²) in [5.41, 5.74) is 1.13. The molecule has 1 saturated heterocycles. The zero-order chi connectivity index (χ0) is 18.2. The maximum atomic E-state index is 4.73. The number of guanidine groups is 1. The first kappa shape index (κ1) is 22.5. The van der Waals surface area contributed by atoms with E-state index in [2.05, 4.69) is 27.6 Å². The van der Waals surface area contributed by atoms with Crippen molar-refractivity contribution in [3.63, 3.8) is 0 Å². The summed E-state index contributed by atoms with van der Waals surface area (Å²) in [6.45, 7) is 7.22. The Morgan fingerprint density at radius 2 is 2.00 bits per heavy atom. The van der Waals surface area contributed by atoms with Gasteiger partial charge in [-0.05, 0) is 51.1 Å². The molecule has 0 spiro atoms. The first-order valence-corrected chi connectivity index (χ1v) is 10.5. The fourth-order valence-electron chi connectivity index (χ4n) is 4.34. The predicted molar refractivity (Wildman–Crippen MR) is 123 cm³/mol. The Balaban J connectivity index is 0.00000261. The minimum atomic E-state index is 0. The topological polar surface area (TPSA) is 57.5 Å². The summed E-state index contributed by atoms with van der Waals surface area (Å²) >= 11 is 0. The van der Waals surface area contributed by atoms with Crippen molar-refractivity contribution in [3.05, 3.63) is 18.0 Å². The molecule has 1 saturated carbocycles. The Hall–Kier alpha value is -0.830. The summed E-state index contributed by atoms with van der Waals surface area (Å²) in [5, 5.41) is 11.2. The number of nitrogens with one attached hydrogen (secondary N) is 2. The zero-order valence-corrected chi connectivity index (χ0v) is 19.3. The van der Waals surface area contributed by atoms with Gasteiger partial charge in [0.25, 0.3) is 0 Å². The van der Waals surface area contributed by atoms with Crippen molar-refractivity contribution in [2.45, 2.75) is 64.5 Å². The minimum Gasteiger partial charge on any atom is -0.357 e. The molecule has 3 rings (SSSR count). The van der Waals surface area contributed by atoms with Crippen molar-refractivity contribution in [3.8, 4) is 0 Å². The fraction of sp³-hybridized carbons (Fsp3) is 0.800. The lowest BCUT2D eigenvalue weighted by Crippen LogP contribution is -2.46. The lowest BCUT2D eigenvalue weighted by Gasteiger charge is -2.31. The molecule has 1 aliphatic heterocycles. The minimum absolute atomic E-state index is 0. The Bertz CT molecular complexity index is 567. The number of aliphatic imine (C=N–C) groups is 1. The van der Waals surface area contributed by atoms with E-state index in [0.29, 0.717) is 12.6 Å². The van der Waals surface area contributed by atoms with E-state index in [1.165, 1.54) is 58.0 Å². The first-order chi connectivity index (χ1) is 12.8. The van der Waals surface area contributed by atoms with E-state index in [-0.39, 0.29) is 24.0 Å². The van der Waals surface area contributed by atoms with Crippen LogP contribution in [0, 0.1) is 5.92 Å². The van der Waals surface area contributed by atoms with Crippen molar-refractivity contribution < 1.29 is 0 Å². The first-order valence-electron chi connectivity index (χ1n) is 10.5. The summed E-state index contributed by atoms with van der Waals surface area (Å²) in [4.78, 5) is 7.46. The number of hydrogen-bond donors (Lipinski definition) is 2. The maximum Gasteiger partial charge on any atom is 0.191 e. The predicted octanol–water partition coefficient (Wildman–Crippen LogP) is 3.14. The van der Waals surface area contributed by atoms with Crippen LogP contribution in [0.4, 0.5) is 0 Å². The SMILES string of the molecule is CCNC(=NCc1ccnn1C)NCC1CCCN1CC1CCCCC1.I. The molecule has 1 aliphatic carbocycles.